The van der Waals surface area contributed by atoms with Gasteiger partial charge in [0.05, 0.1) is 0 Å². The molecule has 0 aliphatic heterocycles. The molecule has 2 rings (SSSR count). The van der Waals surface area contributed by atoms with Crippen LogP contribution in [0.3, 0.4) is 0 Å². The standard InChI is InChI=1S/C16H23FN2O2/c1-16(2,3)18-9-11-6-12(17)8-14(7-11)21-10-15(20)19-13-4-5-13/h6-8,13,18H,4-5,9-10H2,1-3H3,(H,19,20). The predicted molar refractivity (Wildman–Crippen MR) is 79.7 cm³/mol. The monoisotopic (exact) mass is 294 g/mol. The molecule has 21 heavy (non-hydrogen) atoms. The number of carbonyl (C=O) groups is 1. The van der Waals surface area contributed by atoms with Crippen molar-refractivity contribution in [1.82, 2.24) is 10.6 Å². The number of hydrogen-bond donors (Lipinski definition) is 2. The Labute approximate surface area is 125 Å². The third kappa shape index (κ3) is 6.12. The number of rotatable bonds is 6. The highest BCUT2D eigenvalue weighted by atomic mass is 19.1. The van der Waals surface area contributed by atoms with Crippen molar-refractivity contribution >= 4 is 5.91 Å². The molecule has 2 N–H and O–H groups in total. The van der Waals surface area contributed by atoms with E-state index in [0.717, 1.165) is 18.4 Å². The number of carbonyl (C=O) groups excluding carboxylic acids is 1. The van der Waals surface area contributed by atoms with Gasteiger partial charge >= 0.3 is 0 Å². The van der Waals surface area contributed by atoms with Crippen LogP contribution in [0.25, 0.3) is 0 Å². The van der Waals surface area contributed by atoms with E-state index in [1.807, 2.05) is 20.8 Å². The van der Waals surface area contributed by atoms with Gasteiger partial charge in [0.1, 0.15) is 11.6 Å². The first-order valence-electron chi connectivity index (χ1n) is 7.28. The zero-order valence-electron chi connectivity index (χ0n) is 12.8. The maximum absolute atomic E-state index is 13.6. The van der Waals surface area contributed by atoms with E-state index < -0.39 is 0 Å². The largest absolute Gasteiger partial charge is 0.484 e. The summed E-state index contributed by atoms with van der Waals surface area (Å²) in [6.07, 6.45) is 2.07. The minimum absolute atomic E-state index is 0.0442. The van der Waals surface area contributed by atoms with E-state index in [0.29, 0.717) is 18.3 Å². The summed E-state index contributed by atoms with van der Waals surface area (Å²) in [5, 5.41) is 6.12. The molecule has 1 aliphatic carbocycles. The van der Waals surface area contributed by atoms with Gasteiger partial charge in [-0.3, -0.25) is 4.79 Å². The smallest absolute Gasteiger partial charge is 0.258 e. The van der Waals surface area contributed by atoms with Crippen LogP contribution in [0.1, 0.15) is 39.2 Å². The Morgan fingerprint density at radius 2 is 2.05 bits per heavy atom. The van der Waals surface area contributed by atoms with Crippen molar-refractivity contribution < 1.29 is 13.9 Å². The molecule has 0 bridgehead atoms. The quantitative estimate of drug-likeness (QED) is 0.847. The van der Waals surface area contributed by atoms with Crippen molar-refractivity contribution in [1.29, 1.82) is 0 Å². The summed E-state index contributed by atoms with van der Waals surface area (Å²) >= 11 is 0. The molecule has 4 nitrogen and oxygen atoms in total. The van der Waals surface area contributed by atoms with Crippen molar-refractivity contribution in [2.75, 3.05) is 6.61 Å². The molecule has 0 atom stereocenters. The lowest BCUT2D eigenvalue weighted by Gasteiger charge is -2.20. The second-order valence-electron chi connectivity index (χ2n) is 6.53. The van der Waals surface area contributed by atoms with Crippen LogP contribution in [0.5, 0.6) is 5.75 Å². The van der Waals surface area contributed by atoms with Crippen molar-refractivity contribution in [3.8, 4) is 5.75 Å². The molecule has 0 radical (unpaired) electrons. The predicted octanol–water partition coefficient (Wildman–Crippen LogP) is 2.37. The highest BCUT2D eigenvalue weighted by Crippen LogP contribution is 2.19. The van der Waals surface area contributed by atoms with Gasteiger partial charge in [-0.05, 0) is 51.3 Å². The van der Waals surface area contributed by atoms with Crippen LogP contribution in [0, 0.1) is 5.82 Å². The fraction of sp³-hybridized carbons (Fsp3) is 0.562. The second-order valence-corrected chi connectivity index (χ2v) is 6.53. The fourth-order valence-corrected chi connectivity index (χ4v) is 1.82. The van der Waals surface area contributed by atoms with Crippen LogP contribution >= 0.6 is 0 Å². The molecule has 1 saturated carbocycles. The Hall–Kier alpha value is -1.62. The van der Waals surface area contributed by atoms with Crippen molar-refractivity contribution in [3.63, 3.8) is 0 Å². The summed E-state index contributed by atoms with van der Waals surface area (Å²) in [6.45, 7) is 6.61. The summed E-state index contributed by atoms with van der Waals surface area (Å²) < 4.78 is 19.0. The van der Waals surface area contributed by atoms with Crippen LogP contribution in [0.15, 0.2) is 18.2 Å². The fourth-order valence-electron chi connectivity index (χ4n) is 1.82. The Morgan fingerprint density at radius 1 is 1.33 bits per heavy atom. The molecule has 1 aliphatic rings. The summed E-state index contributed by atoms with van der Waals surface area (Å²) in [4.78, 5) is 11.6. The van der Waals surface area contributed by atoms with Gasteiger partial charge in [0.2, 0.25) is 0 Å². The van der Waals surface area contributed by atoms with Gasteiger partial charge in [-0.1, -0.05) is 0 Å². The molecule has 1 fully saturated rings. The molecule has 1 aromatic rings. The zero-order chi connectivity index (χ0) is 15.5. The number of hydrogen-bond acceptors (Lipinski definition) is 3. The molecule has 0 spiro atoms. The number of amides is 1. The molecule has 5 heteroatoms. The van der Waals surface area contributed by atoms with E-state index in [4.69, 9.17) is 4.74 Å². The zero-order valence-corrected chi connectivity index (χ0v) is 12.8. The van der Waals surface area contributed by atoms with Gasteiger partial charge < -0.3 is 15.4 Å². The third-order valence-corrected chi connectivity index (χ3v) is 3.07. The summed E-state index contributed by atoms with van der Waals surface area (Å²) in [6, 6.07) is 4.83. The summed E-state index contributed by atoms with van der Waals surface area (Å²) in [7, 11) is 0. The molecule has 0 aromatic heterocycles. The Bertz CT molecular complexity index is 507. The highest BCUT2D eigenvalue weighted by molar-refractivity contribution is 5.78. The van der Waals surface area contributed by atoms with E-state index in [2.05, 4.69) is 10.6 Å². The maximum Gasteiger partial charge on any atom is 0.258 e. The van der Waals surface area contributed by atoms with Crippen molar-refractivity contribution in [3.05, 3.63) is 29.6 Å². The van der Waals surface area contributed by atoms with E-state index in [1.165, 1.54) is 12.1 Å². The molecule has 0 saturated heterocycles. The molecule has 0 unspecified atom stereocenters. The van der Waals surface area contributed by atoms with Crippen LogP contribution in [0.2, 0.25) is 0 Å². The Kier molecular flexibility index (Phi) is 4.83. The minimum Gasteiger partial charge on any atom is -0.484 e. The van der Waals surface area contributed by atoms with Crippen LogP contribution in [-0.2, 0) is 11.3 Å². The normalized spacial score (nSPS) is 14.9. The topological polar surface area (TPSA) is 50.4 Å². The maximum atomic E-state index is 13.6. The Morgan fingerprint density at radius 3 is 2.67 bits per heavy atom. The molecular weight excluding hydrogens is 271 g/mol. The highest BCUT2D eigenvalue weighted by Gasteiger charge is 2.23. The SMILES string of the molecule is CC(C)(C)NCc1cc(F)cc(OCC(=O)NC2CC2)c1. The lowest BCUT2D eigenvalue weighted by molar-refractivity contribution is -0.123. The molecule has 1 amide bonds. The van der Waals surface area contributed by atoms with Gasteiger partial charge in [0.15, 0.2) is 6.61 Å². The third-order valence-electron chi connectivity index (χ3n) is 3.07. The van der Waals surface area contributed by atoms with E-state index in [-0.39, 0.29) is 23.9 Å². The van der Waals surface area contributed by atoms with Gasteiger partial charge in [-0.25, -0.2) is 4.39 Å². The number of ether oxygens (including phenoxy) is 1. The second kappa shape index (κ2) is 6.43. The first-order valence-corrected chi connectivity index (χ1v) is 7.28. The lowest BCUT2D eigenvalue weighted by Crippen LogP contribution is -2.35. The first kappa shape index (κ1) is 15.8. The first-order chi connectivity index (χ1) is 9.82. The molecule has 116 valence electrons. The van der Waals surface area contributed by atoms with Gasteiger partial charge in [-0.15, -0.1) is 0 Å². The molecule has 0 heterocycles. The van der Waals surface area contributed by atoms with E-state index in [9.17, 15) is 9.18 Å². The van der Waals surface area contributed by atoms with Crippen molar-refractivity contribution in [2.45, 2.75) is 51.7 Å². The van der Waals surface area contributed by atoms with Crippen LogP contribution in [0.4, 0.5) is 4.39 Å². The summed E-state index contributed by atoms with van der Waals surface area (Å²) in [5.74, 6) is -0.136. The van der Waals surface area contributed by atoms with Crippen LogP contribution < -0.4 is 15.4 Å². The van der Waals surface area contributed by atoms with Crippen molar-refractivity contribution in [2.24, 2.45) is 0 Å². The molecular formula is C16H23FN2O2. The number of benzene rings is 1. The van der Waals surface area contributed by atoms with Crippen LogP contribution in [-0.4, -0.2) is 24.1 Å². The summed E-state index contributed by atoms with van der Waals surface area (Å²) in [5.41, 5.74) is 0.750. The number of halogens is 1. The van der Waals surface area contributed by atoms with Gasteiger partial charge in [-0.2, -0.15) is 0 Å². The van der Waals surface area contributed by atoms with E-state index in [1.54, 1.807) is 6.07 Å². The minimum atomic E-state index is -0.360. The number of nitrogens with one attached hydrogen (secondary N) is 2. The Balaban J connectivity index is 1.89. The average molecular weight is 294 g/mol. The van der Waals surface area contributed by atoms with E-state index >= 15 is 0 Å². The molecule has 1 aromatic carbocycles. The van der Waals surface area contributed by atoms with Gasteiger partial charge in [0, 0.05) is 24.2 Å². The average Bonchev–Trinajstić information content (AvgIpc) is 3.16. The lowest BCUT2D eigenvalue weighted by atomic mass is 10.1. The van der Waals surface area contributed by atoms with Gasteiger partial charge in [0.25, 0.3) is 5.91 Å².